The van der Waals surface area contributed by atoms with Crippen LogP contribution >= 0.6 is 22.9 Å². The number of nitrogens with zero attached hydrogens (tertiary/aromatic N) is 5. The van der Waals surface area contributed by atoms with Crippen LogP contribution in [0.2, 0.25) is 5.02 Å². The quantitative estimate of drug-likeness (QED) is 0.612. The van der Waals surface area contributed by atoms with Gasteiger partial charge < -0.3 is 9.47 Å². The van der Waals surface area contributed by atoms with Crippen LogP contribution < -0.4 is 0 Å². The minimum atomic E-state index is -4.50. The Balaban J connectivity index is 1.62. The molecule has 4 rings (SSSR count). The average Bonchev–Trinajstić information content (AvgIpc) is 3.29. The molecule has 1 aliphatic rings. The second kappa shape index (κ2) is 6.85. The normalized spacial score (nSPS) is 16.9. The molecule has 3 heterocycles. The Kier molecular flexibility index (Phi) is 4.62. The number of fused-ring (bicyclic) bond motifs is 1. The Labute approximate surface area is 166 Å². The van der Waals surface area contributed by atoms with Crippen LogP contribution in [0.1, 0.15) is 34.2 Å². The molecule has 1 unspecified atom stereocenters. The first-order valence-electron chi connectivity index (χ1n) is 8.28. The summed E-state index contributed by atoms with van der Waals surface area (Å²) in [5, 5.41) is 9.06. The molecule has 1 atom stereocenters. The first-order chi connectivity index (χ1) is 13.3. The third kappa shape index (κ3) is 3.26. The SMILES string of the molecule is CC1c2nnc(-c3csc(C(F)(F)F)n3)n2CCN1C(=O)c1ccc(Cl)cc1. The molecular weight excluding hydrogens is 415 g/mol. The Morgan fingerprint density at radius 2 is 1.93 bits per heavy atom. The largest absolute Gasteiger partial charge is 0.443 e. The van der Waals surface area contributed by atoms with Gasteiger partial charge >= 0.3 is 6.18 Å². The van der Waals surface area contributed by atoms with Crippen molar-refractivity contribution >= 4 is 28.8 Å². The molecule has 0 fully saturated rings. The van der Waals surface area contributed by atoms with Crippen LogP contribution in [-0.4, -0.2) is 37.1 Å². The van der Waals surface area contributed by atoms with Crippen LogP contribution in [0.25, 0.3) is 11.5 Å². The fourth-order valence-corrected chi connectivity index (χ4v) is 3.91. The summed E-state index contributed by atoms with van der Waals surface area (Å²) in [6.07, 6.45) is -4.50. The molecule has 1 aliphatic heterocycles. The number of hydrogen-bond donors (Lipinski definition) is 0. The van der Waals surface area contributed by atoms with E-state index < -0.39 is 11.2 Å². The molecule has 0 saturated carbocycles. The van der Waals surface area contributed by atoms with E-state index in [1.807, 2.05) is 0 Å². The highest BCUT2D eigenvalue weighted by molar-refractivity contribution is 7.10. The maximum Gasteiger partial charge on any atom is 0.443 e. The smallest absolute Gasteiger partial charge is 0.327 e. The molecule has 0 aliphatic carbocycles. The number of rotatable bonds is 2. The lowest BCUT2D eigenvalue weighted by Gasteiger charge is -2.33. The summed E-state index contributed by atoms with van der Waals surface area (Å²) in [6, 6.07) is 6.19. The molecule has 0 saturated heterocycles. The molecule has 1 aromatic carbocycles. The number of thiazole rings is 1. The fourth-order valence-electron chi connectivity index (χ4n) is 3.12. The molecule has 0 spiro atoms. The standard InChI is InChI=1S/C17H13ClF3N5OS/c1-9-13-23-24-14(12-8-28-16(22-12)17(19,20)21)26(13)7-6-25(9)15(27)10-2-4-11(18)5-3-10/h2-5,8-9H,6-7H2,1H3. The predicted octanol–water partition coefficient (Wildman–Crippen LogP) is 4.29. The number of benzene rings is 1. The number of hydrogen-bond acceptors (Lipinski definition) is 5. The lowest BCUT2D eigenvalue weighted by Crippen LogP contribution is -2.41. The summed E-state index contributed by atoms with van der Waals surface area (Å²) in [7, 11) is 0. The van der Waals surface area contributed by atoms with Gasteiger partial charge in [-0.3, -0.25) is 4.79 Å². The second-order valence-corrected chi connectivity index (χ2v) is 7.55. The van der Waals surface area contributed by atoms with Crippen molar-refractivity contribution in [2.24, 2.45) is 0 Å². The van der Waals surface area contributed by atoms with Crippen LogP contribution in [0.4, 0.5) is 13.2 Å². The van der Waals surface area contributed by atoms with Gasteiger partial charge in [-0.2, -0.15) is 13.2 Å². The summed E-state index contributed by atoms with van der Waals surface area (Å²) in [6.45, 7) is 2.54. The summed E-state index contributed by atoms with van der Waals surface area (Å²) in [4.78, 5) is 18.1. The molecule has 0 bridgehead atoms. The monoisotopic (exact) mass is 427 g/mol. The highest BCUT2D eigenvalue weighted by Gasteiger charge is 2.36. The van der Waals surface area contributed by atoms with E-state index in [-0.39, 0.29) is 23.5 Å². The first-order valence-corrected chi connectivity index (χ1v) is 9.54. The van der Waals surface area contributed by atoms with E-state index in [9.17, 15) is 18.0 Å². The molecular formula is C17H13ClF3N5OS. The molecule has 6 nitrogen and oxygen atoms in total. The number of aromatic nitrogens is 4. The lowest BCUT2D eigenvalue weighted by atomic mass is 10.1. The molecule has 0 radical (unpaired) electrons. The Morgan fingerprint density at radius 1 is 1.21 bits per heavy atom. The highest BCUT2D eigenvalue weighted by atomic mass is 35.5. The van der Waals surface area contributed by atoms with E-state index in [0.29, 0.717) is 40.8 Å². The van der Waals surface area contributed by atoms with Gasteiger partial charge in [-0.25, -0.2) is 4.98 Å². The van der Waals surface area contributed by atoms with Crippen molar-refractivity contribution in [3.05, 3.63) is 51.1 Å². The van der Waals surface area contributed by atoms with E-state index in [4.69, 9.17) is 11.6 Å². The van der Waals surface area contributed by atoms with Crippen molar-refractivity contribution in [3.63, 3.8) is 0 Å². The number of alkyl halides is 3. The van der Waals surface area contributed by atoms with E-state index in [1.54, 1.807) is 40.7 Å². The fraction of sp³-hybridized carbons (Fsp3) is 0.294. The maximum atomic E-state index is 12.8. The van der Waals surface area contributed by atoms with Gasteiger partial charge in [0.15, 0.2) is 16.7 Å². The van der Waals surface area contributed by atoms with Crippen LogP contribution in [0.5, 0.6) is 0 Å². The zero-order valence-corrected chi connectivity index (χ0v) is 16.0. The van der Waals surface area contributed by atoms with Crippen LogP contribution in [-0.2, 0) is 12.7 Å². The van der Waals surface area contributed by atoms with Gasteiger partial charge in [0.2, 0.25) is 0 Å². The van der Waals surface area contributed by atoms with E-state index >= 15 is 0 Å². The van der Waals surface area contributed by atoms with E-state index in [1.165, 1.54) is 5.38 Å². The first kappa shape index (κ1) is 18.9. The summed E-state index contributed by atoms with van der Waals surface area (Å²) in [5.41, 5.74) is 0.625. The Bertz CT molecular complexity index is 1030. The zero-order chi connectivity index (χ0) is 20.1. The molecule has 11 heteroatoms. The van der Waals surface area contributed by atoms with Crippen molar-refractivity contribution < 1.29 is 18.0 Å². The minimum absolute atomic E-state index is 0.126. The predicted molar refractivity (Wildman–Crippen MR) is 97.0 cm³/mol. The van der Waals surface area contributed by atoms with Crippen LogP contribution in [0.3, 0.4) is 0 Å². The van der Waals surface area contributed by atoms with Gasteiger partial charge in [0.1, 0.15) is 5.69 Å². The van der Waals surface area contributed by atoms with Gasteiger partial charge in [-0.1, -0.05) is 11.6 Å². The van der Waals surface area contributed by atoms with Crippen LogP contribution in [0.15, 0.2) is 29.6 Å². The number of halogens is 4. The van der Waals surface area contributed by atoms with Gasteiger partial charge in [0, 0.05) is 29.1 Å². The van der Waals surface area contributed by atoms with Gasteiger partial charge in [-0.15, -0.1) is 21.5 Å². The number of carbonyl (C=O) groups is 1. The third-order valence-electron chi connectivity index (χ3n) is 4.51. The van der Waals surface area contributed by atoms with Gasteiger partial charge in [0.05, 0.1) is 6.04 Å². The lowest BCUT2D eigenvalue weighted by molar-refractivity contribution is -0.137. The molecule has 2 aromatic heterocycles. The number of carbonyl (C=O) groups excluding carboxylic acids is 1. The van der Waals surface area contributed by atoms with Crippen molar-refractivity contribution in [3.8, 4) is 11.5 Å². The number of amides is 1. The summed E-state index contributed by atoms with van der Waals surface area (Å²) < 4.78 is 40.2. The molecule has 0 N–H and O–H groups in total. The minimum Gasteiger partial charge on any atom is -0.327 e. The topological polar surface area (TPSA) is 63.9 Å². The average molecular weight is 428 g/mol. The second-order valence-electron chi connectivity index (χ2n) is 6.25. The Morgan fingerprint density at radius 3 is 2.57 bits per heavy atom. The molecule has 3 aromatic rings. The van der Waals surface area contributed by atoms with E-state index in [0.717, 1.165) is 0 Å². The molecule has 1 amide bonds. The van der Waals surface area contributed by atoms with Crippen molar-refractivity contribution in [2.75, 3.05) is 6.54 Å². The summed E-state index contributed by atoms with van der Waals surface area (Å²) >= 11 is 6.38. The van der Waals surface area contributed by atoms with Crippen LogP contribution in [0, 0.1) is 0 Å². The summed E-state index contributed by atoms with van der Waals surface area (Å²) in [5.74, 6) is 0.602. The van der Waals surface area contributed by atoms with Crippen molar-refractivity contribution in [2.45, 2.75) is 25.7 Å². The highest BCUT2D eigenvalue weighted by Crippen LogP contribution is 2.35. The Hall–Kier alpha value is -2.46. The van der Waals surface area contributed by atoms with E-state index in [2.05, 4.69) is 15.2 Å². The molecule has 146 valence electrons. The van der Waals surface area contributed by atoms with Crippen molar-refractivity contribution in [1.82, 2.24) is 24.6 Å². The zero-order valence-electron chi connectivity index (χ0n) is 14.4. The van der Waals surface area contributed by atoms with Crippen molar-refractivity contribution in [1.29, 1.82) is 0 Å². The maximum absolute atomic E-state index is 12.8. The van der Waals surface area contributed by atoms with Gasteiger partial charge in [0.25, 0.3) is 5.91 Å². The third-order valence-corrected chi connectivity index (χ3v) is 5.65. The van der Waals surface area contributed by atoms with Gasteiger partial charge in [-0.05, 0) is 31.2 Å². The molecule has 28 heavy (non-hydrogen) atoms.